The van der Waals surface area contributed by atoms with Crippen LogP contribution in [-0.4, -0.2) is 47.2 Å². The molecule has 1 atom stereocenters. The van der Waals surface area contributed by atoms with E-state index in [0.717, 1.165) is 24.9 Å². The van der Waals surface area contributed by atoms with E-state index in [2.05, 4.69) is 16.9 Å². The first-order valence-corrected chi connectivity index (χ1v) is 11.3. The molecule has 2 heterocycles. The van der Waals surface area contributed by atoms with Gasteiger partial charge in [0, 0.05) is 23.2 Å². The summed E-state index contributed by atoms with van der Waals surface area (Å²) in [5.41, 5.74) is 0.755. The zero-order valence-electron chi connectivity index (χ0n) is 14.6. The Morgan fingerprint density at radius 2 is 2.27 bits per heavy atom. The normalized spacial score (nSPS) is 19.3. The Bertz CT molecular complexity index is 923. The second kappa shape index (κ2) is 8.21. The molecule has 9 heteroatoms. The predicted octanol–water partition coefficient (Wildman–Crippen LogP) is 3.77. The first kappa shape index (κ1) is 19.5. The lowest BCUT2D eigenvalue weighted by Crippen LogP contribution is -2.38. The Kier molecular flexibility index (Phi) is 6.17. The average molecular weight is 416 g/mol. The van der Waals surface area contributed by atoms with Crippen LogP contribution < -0.4 is 0 Å². The van der Waals surface area contributed by atoms with Gasteiger partial charge in [-0.2, -0.15) is 0 Å². The van der Waals surface area contributed by atoms with Crippen molar-refractivity contribution < 1.29 is 12.8 Å². The van der Waals surface area contributed by atoms with E-state index in [0.29, 0.717) is 24.0 Å². The zero-order valence-corrected chi connectivity index (χ0v) is 17.0. The van der Waals surface area contributed by atoms with Gasteiger partial charge < -0.3 is 4.42 Å². The quantitative estimate of drug-likeness (QED) is 0.641. The van der Waals surface area contributed by atoms with Crippen LogP contribution in [0.15, 0.2) is 28.7 Å². The monoisotopic (exact) mass is 415 g/mol. The summed E-state index contributed by atoms with van der Waals surface area (Å²) < 4.78 is 31.0. The van der Waals surface area contributed by atoms with Crippen LogP contribution in [0.4, 0.5) is 0 Å². The Hall–Kier alpha value is -1.22. The molecule has 0 amide bonds. The van der Waals surface area contributed by atoms with Gasteiger partial charge in [0.05, 0.1) is 18.2 Å². The van der Waals surface area contributed by atoms with Crippen LogP contribution in [-0.2, 0) is 16.5 Å². The van der Waals surface area contributed by atoms with Gasteiger partial charge in [-0.15, -0.1) is 5.10 Å². The molecule has 142 valence electrons. The van der Waals surface area contributed by atoms with Crippen molar-refractivity contribution in [1.29, 1.82) is 0 Å². The van der Waals surface area contributed by atoms with E-state index in [1.807, 2.05) is 12.1 Å². The summed E-state index contributed by atoms with van der Waals surface area (Å²) in [6, 6.07) is 7.23. The summed E-state index contributed by atoms with van der Waals surface area (Å²) in [6.07, 6.45) is 2.68. The molecule has 0 bridgehead atoms. The maximum absolute atomic E-state index is 11.9. The van der Waals surface area contributed by atoms with Gasteiger partial charge in [0.1, 0.15) is 0 Å². The topological polar surface area (TPSA) is 68.3 Å². The lowest BCUT2D eigenvalue weighted by molar-refractivity contribution is 0.151. The maximum atomic E-state index is 11.9. The number of hydrogen-bond acceptors (Lipinski definition) is 6. The predicted molar refractivity (Wildman–Crippen MR) is 104 cm³/mol. The molecule has 1 saturated heterocycles. The summed E-state index contributed by atoms with van der Waals surface area (Å²) in [5, 5.41) is 5.07. The molecule has 0 saturated carbocycles. The number of halogens is 1. The summed E-state index contributed by atoms with van der Waals surface area (Å²) in [4.78, 5) is 2.41. The largest absolute Gasteiger partial charge is 0.409 e. The highest BCUT2D eigenvalue weighted by Crippen LogP contribution is 2.23. The lowest BCUT2D eigenvalue weighted by Gasteiger charge is -2.27. The minimum absolute atomic E-state index is 0.000213. The molecule has 0 N–H and O–H groups in total. The fraction of sp³-hybridized carbons (Fsp3) is 0.529. The second-order valence-corrected chi connectivity index (χ2v) is 9.56. The number of rotatable bonds is 7. The van der Waals surface area contributed by atoms with Crippen molar-refractivity contribution in [3.63, 3.8) is 0 Å². The van der Waals surface area contributed by atoms with E-state index >= 15 is 0 Å². The molecule has 0 spiro atoms. The Morgan fingerprint density at radius 3 is 2.92 bits per heavy atom. The van der Waals surface area contributed by atoms with Gasteiger partial charge in [-0.1, -0.05) is 31.0 Å². The summed E-state index contributed by atoms with van der Waals surface area (Å²) in [6.45, 7) is 3.34. The molecule has 3 rings (SSSR count). The zero-order chi connectivity index (χ0) is 18.7. The number of aromatic nitrogens is 2. The summed E-state index contributed by atoms with van der Waals surface area (Å²) >= 11 is 11.3. The van der Waals surface area contributed by atoms with Crippen molar-refractivity contribution in [2.75, 3.05) is 18.1 Å². The molecule has 1 aliphatic heterocycles. The SMILES string of the molecule is CCCCN(Cn1nc(-c2cccc(Cl)c2)oc1=S)[C@H]1CCS(=O)(=O)C1. The molecule has 0 radical (unpaired) electrons. The van der Waals surface area contributed by atoms with Crippen LogP contribution in [0.3, 0.4) is 0 Å². The van der Waals surface area contributed by atoms with Gasteiger partial charge in [0.25, 0.3) is 4.84 Å². The molecule has 0 aliphatic carbocycles. The van der Waals surface area contributed by atoms with E-state index in [9.17, 15) is 8.42 Å². The molecule has 26 heavy (non-hydrogen) atoms. The van der Waals surface area contributed by atoms with E-state index < -0.39 is 9.84 Å². The van der Waals surface area contributed by atoms with Crippen molar-refractivity contribution in [2.45, 2.75) is 38.9 Å². The summed E-state index contributed by atoms with van der Waals surface area (Å²) in [7, 11) is -2.95. The van der Waals surface area contributed by atoms with Gasteiger partial charge in [0.15, 0.2) is 9.84 Å². The minimum atomic E-state index is -2.95. The van der Waals surface area contributed by atoms with Crippen LogP contribution >= 0.6 is 23.8 Å². The van der Waals surface area contributed by atoms with Crippen molar-refractivity contribution in [1.82, 2.24) is 14.7 Å². The first-order valence-electron chi connectivity index (χ1n) is 8.66. The third-order valence-corrected chi connectivity index (χ3v) is 6.80. The molecule has 1 aromatic heterocycles. The fourth-order valence-corrected chi connectivity index (χ4v) is 5.23. The van der Waals surface area contributed by atoms with Crippen LogP contribution in [0.25, 0.3) is 11.5 Å². The van der Waals surface area contributed by atoms with Gasteiger partial charge in [0.2, 0.25) is 5.89 Å². The third-order valence-electron chi connectivity index (χ3n) is 4.52. The number of nitrogens with zero attached hydrogens (tertiary/aromatic N) is 3. The highest BCUT2D eigenvalue weighted by atomic mass is 35.5. The van der Waals surface area contributed by atoms with Crippen molar-refractivity contribution in [3.05, 3.63) is 34.1 Å². The average Bonchev–Trinajstić information content (AvgIpc) is 3.14. The minimum Gasteiger partial charge on any atom is -0.409 e. The molecular weight excluding hydrogens is 394 g/mol. The first-order chi connectivity index (χ1) is 12.4. The molecule has 1 aromatic carbocycles. The second-order valence-electron chi connectivity index (χ2n) is 6.55. The highest BCUT2D eigenvalue weighted by Gasteiger charge is 2.32. The van der Waals surface area contributed by atoms with E-state index in [1.54, 1.807) is 16.8 Å². The van der Waals surface area contributed by atoms with E-state index in [-0.39, 0.29) is 22.4 Å². The number of sulfone groups is 1. The van der Waals surface area contributed by atoms with E-state index in [4.69, 9.17) is 28.2 Å². The fourth-order valence-electron chi connectivity index (χ4n) is 3.10. The van der Waals surface area contributed by atoms with Crippen LogP contribution in [0.5, 0.6) is 0 Å². The molecule has 2 aromatic rings. The van der Waals surface area contributed by atoms with E-state index in [1.165, 1.54) is 0 Å². The Morgan fingerprint density at radius 1 is 1.46 bits per heavy atom. The molecular formula is C17H22ClN3O3S2. The molecule has 6 nitrogen and oxygen atoms in total. The number of hydrogen-bond donors (Lipinski definition) is 0. The maximum Gasteiger partial charge on any atom is 0.288 e. The Labute approximate surface area is 163 Å². The van der Waals surface area contributed by atoms with Crippen molar-refractivity contribution >= 4 is 33.7 Å². The van der Waals surface area contributed by atoms with Gasteiger partial charge in [-0.05, 0) is 43.3 Å². The summed E-state index contributed by atoms with van der Waals surface area (Å²) in [5.74, 6) is 0.855. The molecule has 1 fully saturated rings. The van der Waals surface area contributed by atoms with Crippen LogP contribution in [0, 0.1) is 4.84 Å². The lowest BCUT2D eigenvalue weighted by atomic mass is 10.2. The standard InChI is InChI=1S/C17H22ClN3O3S2/c1-2-3-8-20(15-7-9-26(22,23)11-15)12-21-17(25)24-16(19-21)13-5-4-6-14(18)10-13/h4-6,10,15H,2-3,7-9,11-12H2,1H3/t15-/m0/s1. The van der Waals surface area contributed by atoms with Gasteiger partial charge in [-0.25, -0.2) is 13.1 Å². The van der Waals surface area contributed by atoms with Crippen molar-refractivity contribution in [2.24, 2.45) is 0 Å². The smallest absolute Gasteiger partial charge is 0.288 e. The van der Waals surface area contributed by atoms with Crippen LogP contribution in [0.1, 0.15) is 26.2 Å². The number of unbranched alkanes of at least 4 members (excludes halogenated alkanes) is 1. The van der Waals surface area contributed by atoms with Gasteiger partial charge in [-0.3, -0.25) is 4.90 Å². The number of benzene rings is 1. The van der Waals surface area contributed by atoms with Crippen LogP contribution in [0.2, 0.25) is 5.02 Å². The Balaban J connectivity index is 1.81. The third kappa shape index (κ3) is 4.73. The van der Waals surface area contributed by atoms with Gasteiger partial charge >= 0.3 is 0 Å². The molecule has 0 unspecified atom stereocenters. The highest BCUT2D eigenvalue weighted by molar-refractivity contribution is 7.91. The molecule has 1 aliphatic rings. The van der Waals surface area contributed by atoms with Crippen molar-refractivity contribution in [3.8, 4) is 11.5 Å².